The molecule has 1 aromatic rings. The van der Waals surface area contributed by atoms with Crippen LogP contribution in [0.5, 0.6) is 0 Å². The molecule has 1 nitrogen and oxygen atoms in total. The lowest BCUT2D eigenvalue weighted by Gasteiger charge is -2.25. The van der Waals surface area contributed by atoms with Crippen molar-refractivity contribution < 1.29 is 4.79 Å². The van der Waals surface area contributed by atoms with Gasteiger partial charge in [-0.1, -0.05) is 25.7 Å². The van der Waals surface area contributed by atoms with E-state index >= 15 is 0 Å². The summed E-state index contributed by atoms with van der Waals surface area (Å²) in [5, 5.41) is 2.17. The minimum absolute atomic E-state index is 0.239. The fourth-order valence-electron chi connectivity index (χ4n) is 3.63. The molecular weight excluding hydrogens is 240 g/mol. The third-order valence-corrected chi connectivity index (χ3v) is 5.65. The molecule has 1 unspecified atom stereocenters. The van der Waals surface area contributed by atoms with E-state index in [0.29, 0.717) is 11.7 Å². The molecule has 0 bridgehead atoms. The molecule has 1 heterocycles. The number of carbonyl (C=O) groups excluding carboxylic acids is 1. The second-order valence-corrected chi connectivity index (χ2v) is 6.84. The fraction of sp³-hybridized carbons (Fsp3) is 0.688. The van der Waals surface area contributed by atoms with Crippen molar-refractivity contribution >= 4 is 17.1 Å². The number of rotatable bonds is 2. The number of fused-ring (bicyclic) bond motifs is 1. The van der Waals surface area contributed by atoms with Crippen LogP contribution in [0.25, 0.3) is 0 Å². The maximum absolute atomic E-state index is 12.8. The maximum Gasteiger partial charge on any atom is 0.143 e. The summed E-state index contributed by atoms with van der Waals surface area (Å²) in [5.74, 6) is 1.17. The minimum Gasteiger partial charge on any atom is -0.299 e. The zero-order valence-electron chi connectivity index (χ0n) is 11.0. The van der Waals surface area contributed by atoms with Crippen LogP contribution in [-0.2, 0) is 11.2 Å². The van der Waals surface area contributed by atoms with Gasteiger partial charge in [-0.15, -0.1) is 11.3 Å². The van der Waals surface area contributed by atoms with E-state index in [0.717, 1.165) is 19.3 Å². The zero-order valence-corrected chi connectivity index (χ0v) is 11.8. The molecule has 18 heavy (non-hydrogen) atoms. The van der Waals surface area contributed by atoms with E-state index in [1.54, 1.807) is 0 Å². The highest BCUT2D eigenvalue weighted by Gasteiger charge is 2.32. The molecule has 2 heteroatoms. The molecule has 2 aliphatic rings. The van der Waals surface area contributed by atoms with E-state index in [4.69, 9.17) is 0 Å². The fourth-order valence-corrected chi connectivity index (χ4v) is 4.62. The lowest BCUT2D eigenvalue weighted by Crippen LogP contribution is -2.24. The van der Waals surface area contributed by atoms with E-state index in [1.807, 2.05) is 11.3 Å². The molecule has 0 saturated heterocycles. The third kappa shape index (κ3) is 2.40. The third-order valence-electron chi connectivity index (χ3n) is 4.65. The van der Waals surface area contributed by atoms with Gasteiger partial charge >= 0.3 is 0 Å². The first-order chi connectivity index (χ1) is 8.86. The van der Waals surface area contributed by atoms with Gasteiger partial charge in [0.2, 0.25) is 0 Å². The second kappa shape index (κ2) is 5.56. The molecule has 0 N–H and O–H groups in total. The van der Waals surface area contributed by atoms with Crippen molar-refractivity contribution in [1.29, 1.82) is 0 Å². The Morgan fingerprint density at radius 2 is 1.83 bits per heavy atom. The molecule has 2 aliphatic carbocycles. The summed E-state index contributed by atoms with van der Waals surface area (Å²) in [7, 11) is 0. The predicted molar refractivity (Wildman–Crippen MR) is 76.2 cm³/mol. The van der Waals surface area contributed by atoms with Gasteiger partial charge in [-0.3, -0.25) is 4.79 Å². The van der Waals surface area contributed by atoms with Crippen LogP contribution in [0, 0.1) is 5.92 Å². The first-order valence-corrected chi connectivity index (χ1v) is 8.34. The SMILES string of the molecule is O=C(C1CCCCCC1)C1CCCc2sccc21. The summed E-state index contributed by atoms with van der Waals surface area (Å²) in [6, 6.07) is 2.21. The van der Waals surface area contributed by atoms with Crippen LogP contribution in [0.2, 0.25) is 0 Å². The monoisotopic (exact) mass is 262 g/mol. The van der Waals surface area contributed by atoms with E-state index in [-0.39, 0.29) is 5.92 Å². The van der Waals surface area contributed by atoms with Gasteiger partial charge in [-0.25, -0.2) is 0 Å². The Labute approximate surface area is 114 Å². The van der Waals surface area contributed by atoms with Gasteiger partial charge < -0.3 is 0 Å². The van der Waals surface area contributed by atoms with Crippen LogP contribution < -0.4 is 0 Å². The molecule has 0 radical (unpaired) electrons. The first kappa shape index (κ1) is 12.4. The summed E-state index contributed by atoms with van der Waals surface area (Å²) in [6.07, 6.45) is 11.0. The average molecular weight is 262 g/mol. The lowest BCUT2D eigenvalue weighted by molar-refractivity contribution is -0.125. The summed E-state index contributed by atoms with van der Waals surface area (Å²) >= 11 is 1.85. The molecular formula is C16H22OS. The van der Waals surface area contributed by atoms with Crippen molar-refractivity contribution in [3.8, 4) is 0 Å². The topological polar surface area (TPSA) is 17.1 Å². The van der Waals surface area contributed by atoms with E-state index < -0.39 is 0 Å². The Bertz CT molecular complexity index is 412. The maximum atomic E-state index is 12.8. The van der Waals surface area contributed by atoms with Crippen LogP contribution in [-0.4, -0.2) is 5.78 Å². The molecule has 0 amide bonds. The van der Waals surface area contributed by atoms with Crippen LogP contribution in [0.3, 0.4) is 0 Å². The minimum atomic E-state index is 0.239. The molecule has 1 saturated carbocycles. The van der Waals surface area contributed by atoms with Gasteiger partial charge in [0, 0.05) is 16.7 Å². The Morgan fingerprint density at radius 1 is 1.06 bits per heavy atom. The normalized spacial score (nSPS) is 25.4. The molecule has 1 aromatic heterocycles. The predicted octanol–water partition coefficient (Wildman–Crippen LogP) is 4.71. The van der Waals surface area contributed by atoms with Crippen molar-refractivity contribution in [3.05, 3.63) is 21.9 Å². The van der Waals surface area contributed by atoms with Gasteiger partial charge in [0.25, 0.3) is 0 Å². The zero-order chi connectivity index (χ0) is 12.4. The Kier molecular flexibility index (Phi) is 3.83. The Morgan fingerprint density at radius 3 is 2.61 bits per heavy atom. The van der Waals surface area contributed by atoms with Crippen LogP contribution in [0.1, 0.15) is 67.7 Å². The molecule has 1 atom stereocenters. The molecule has 98 valence electrons. The number of hydrogen-bond donors (Lipinski definition) is 0. The molecule has 0 aromatic carbocycles. The van der Waals surface area contributed by atoms with Crippen molar-refractivity contribution in [2.45, 2.75) is 63.7 Å². The number of ketones is 1. The van der Waals surface area contributed by atoms with Crippen LogP contribution >= 0.6 is 11.3 Å². The summed E-state index contributed by atoms with van der Waals surface area (Å²) in [6.45, 7) is 0. The average Bonchev–Trinajstić information content (AvgIpc) is 2.71. The molecule has 0 aliphatic heterocycles. The van der Waals surface area contributed by atoms with E-state index in [2.05, 4.69) is 11.4 Å². The van der Waals surface area contributed by atoms with Gasteiger partial charge in [-0.2, -0.15) is 0 Å². The highest BCUT2D eigenvalue weighted by molar-refractivity contribution is 7.10. The number of aryl methyl sites for hydroxylation is 1. The standard InChI is InChI=1S/C16H22OS/c17-16(12-6-3-1-2-4-7-12)14-8-5-9-15-13(14)10-11-18-15/h10-12,14H,1-9H2. The Balaban J connectivity index is 1.77. The second-order valence-electron chi connectivity index (χ2n) is 5.83. The van der Waals surface area contributed by atoms with Crippen LogP contribution in [0.4, 0.5) is 0 Å². The van der Waals surface area contributed by atoms with E-state index in [9.17, 15) is 4.79 Å². The van der Waals surface area contributed by atoms with Crippen molar-refractivity contribution in [2.24, 2.45) is 5.92 Å². The quantitative estimate of drug-likeness (QED) is 0.706. The number of carbonyl (C=O) groups is 1. The molecule has 0 spiro atoms. The summed E-state index contributed by atoms with van der Waals surface area (Å²) in [4.78, 5) is 14.3. The largest absolute Gasteiger partial charge is 0.299 e. The number of thiophene rings is 1. The van der Waals surface area contributed by atoms with Crippen molar-refractivity contribution in [2.75, 3.05) is 0 Å². The first-order valence-electron chi connectivity index (χ1n) is 7.46. The van der Waals surface area contributed by atoms with Crippen molar-refractivity contribution in [1.82, 2.24) is 0 Å². The summed E-state index contributed by atoms with van der Waals surface area (Å²) < 4.78 is 0. The van der Waals surface area contributed by atoms with Crippen LogP contribution in [0.15, 0.2) is 11.4 Å². The smallest absolute Gasteiger partial charge is 0.143 e. The number of Topliss-reactive ketones (excluding diaryl/α,β-unsaturated/α-hetero) is 1. The highest BCUT2D eigenvalue weighted by Crippen LogP contribution is 2.39. The van der Waals surface area contributed by atoms with E-state index in [1.165, 1.54) is 49.0 Å². The lowest BCUT2D eigenvalue weighted by atomic mass is 9.78. The Hall–Kier alpha value is -0.630. The van der Waals surface area contributed by atoms with Gasteiger partial charge in [-0.05, 0) is 49.1 Å². The molecule has 1 fully saturated rings. The highest BCUT2D eigenvalue weighted by atomic mass is 32.1. The van der Waals surface area contributed by atoms with Gasteiger partial charge in [0.05, 0.1) is 0 Å². The summed E-state index contributed by atoms with van der Waals surface area (Å²) in [5.41, 5.74) is 1.38. The van der Waals surface area contributed by atoms with Gasteiger partial charge in [0.15, 0.2) is 0 Å². The number of hydrogen-bond acceptors (Lipinski definition) is 2. The van der Waals surface area contributed by atoms with Crippen molar-refractivity contribution in [3.63, 3.8) is 0 Å². The van der Waals surface area contributed by atoms with Gasteiger partial charge in [0.1, 0.15) is 5.78 Å². The molecule has 3 rings (SSSR count).